The number of methoxy groups -OCH3 is 1. The molecule has 0 unspecified atom stereocenters. The van der Waals surface area contributed by atoms with Gasteiger partial charge in [-0.25, -0.2) is 4.99 Å². The Labute approximate surface area is 217 Å². The van der Waals surface area contributed by atoms with E-state index < -0.39 is 0 Å². The first-order valence-electron chi connectivity index (χ1n) is 12.5. The van der Waals surface area contributed by atoms with Gasteiger partial charge in [-0.1, -0.05) is 31.1 Å². The molecule has 5 nitrogen and oxygen atoms in total. The second kappa shape index (κ2) is 11.6. The number of aliphatic imine (C=N–C) groups is 1. The molecule has 2 aromatic carbocycles. The second-order valence-electron chi connectivity index (χ2n) is 9.35. The number of thiophene rings is 1. The van der Waals surface area contributed by atoms with E-state index in [0.717, 1.165) is 64.2 Å². The van der Waals surface area contributed by atoms with E-state index in [1.54, 1.807) is 29.7 Å². The number of benzene rings is 2. The lowest BCUT2D eigenvalue weighted by atomic mass is 9.96. The van der Waals surface area contributed by atoms with Crippen LogP contribution in [0.4, 0.5) is 10.7 Å². The van der Waals surface area contributed by atoms with Crippen LogP contribution in [0, 0.1) is 13.8 Å². The largest absolute Gasteiger partial charge is 0.504 e. The third-order valence-electron chi connectivity index (χ3n) is 6.61. The minimum absolute atomic E-state index is 0.107. The fourth-order valence-corrected chi connectivity index (χ4v) is 5.88. The number of amides is 1. The summed E-state index contributed by atoms with van der Waals surface area (Å²) < 4.78 is 5.36. The highest BCUT2D eigenvalue weighted by Gasteiger charge is 2.24. The van der Waals surface area contributed by atoms with Gasteiger partial charge in [-0.05, 0) is 86.4 Å². The van der Waals surface area contributed by atoms with Crippen LogP contribution in [0.25, 0.3) is 0 Å². The molecule has 1 amide bonds. The summed E-state index contributed by atoms with van der Waals surface area (Å²) in [6, 6.07) is 9.72. The lowest BCUT2D eigenvalue weighted by Crippen LogP contribution is -2.15. The number of ether oxygens (including phenoxy) is 1. The molecule has 0 spiro atoms. The molecule has 0 saturated heterocycles. The summed E-state index contributed by atoms with van der Waals surface area (Å²) in [6.07, 6.45) is 10.5. The standard InChI is InChI=1S/C30H34N2O3S/c1-5-10-22-16-21(17-25(35-4)28(22)33)18-31-30-27(23-11-8-6-7-9-12-26(23)36-30)29(34)32-24-15-19(2)13-14-20(24)3/h5,13-18,33H,1,6-12H2,2-4H3,(H,32,34). The Hall–Kier alpha value is -3.38. The van der Waals surface area contributed by atoms with Crippen molar-refractivity contribution in [1.82, 2.24) is 0 Å². The second-order valence-corrected chi connectivity index (χ2v) is 10.4. The van der Waals surface area contributed by atoms with Crippen LogP contribution in [0.2, 0.25) is 0 Å². The SMILES string of the molecule is C=CCc1cc(C=Nc2sc3c(c2C(=O)Nc2cc(C)ccc2C)CCCCCC3)cc(OC)c1O. The van der Waals surface area contributed by atoms with Crippen LogP contribution in [0.15, 0.2) is 48.0 Å². The molecule has 0 saturated carbocycles. The number of aromatic hydroxyl groups is 1. The summed E-state index contributed by atoms with van der Waals surface area (Å²) in [6.45, 7) is 7.81. The Morgan fingerprint density at radius 3 is 2.69 bits per heavy atom. The lowest BCUT2D eigenvalue weighted by Gasteiger charge is -2.13. The molecule has 0 fully saturated rings. The topological polar surface area (TPSA) is 70.9 Å². The fourth-order valence-electron chi connectivity index (χ4n) is 4.65. The predicted octanol–water partition coefficient (Wildman–Crippen LogP) is 7.47. The first-order chi connectivity index (χ1) is 17.4. The number of fused-ring (bicyclic) bond motifs is 1. The van der Waals surface area contributed by atoms with Crippen LogP contribution < -0.4 is 10.1 Å². The molecule has 0 bridgehead atoms. The van der Waals surface area contributed by atoms with Crippen molar-refractivity contribution >= 4 is 34.1 Å². The summed E-state index contributed by atoms with van der Waals surface area (Å²) >= 11 is 1.62. The Kier molecular flexibility index (Phi) is 8.26. The maximum atomic E-state index is 13.7. The summed E-state index contributed by atoms with van der Waals surface area (Å²) in [5.74, 6) is 0.397. The van der Waals surface area contributed by atoms with Gasteiger partial charge in [0.1, 0.15) is 5.00 Å². The van der Waals surface area contributed by atoms with Gasteiger partial charge >= 0.3 is 0 Å². The van der Waals surface area contributed by atoms with Gasteiger partial charge in [-0.3, -0.25) is 4.79 Å². The number of hydrogen-bond acceptors (Lipinski definition) is 5. The van der Waals surface area contributed by atoms with Crippen molar-refractivity contribution in [3.8, 4) is 11.5 Å². The number of allylic oxidation sites excluding steroid dienone is 1. The quantitative estimate of drug-likeness (QED) is 0.260. The molecule has 0 aliphatic heterocycles. The van der Waals surface area contributed by atoms with Gasteiger partial charge in [0.05, 0.1) is 12.7 Å². The molecule has 1 aliphatic rings. The third kappa shape index (κ3) is 5.71. The van der Waals surface area contributed by atoms with Crippen LogP contribution in [0.1, 0.15) is 68.7 Å². The maximum Gasteiger partial charge on any atom is 0.259 e. The maximum absolute atomic E-state index is 13.7. The van der Waals surface area contributed by atoms with Crippen LogP contribution in [0.5, 0.6) is 11.5 Å². The molecule has 1 aromatic heterocycles. The van der Waals surface area contributed by atoms with Crippen molar-refractivity contribution in [2.45, 2.75) is 58.8 Å². The Morgan fingerprint density at radius 1 is 1.17 bits per heavy atom. The number of phenols is 1. The number of aryl methyl sites for hydroxylation is 3. The van der Waals surface area contributed by atoms with E-state index in [1.807, 2.05) is 38.1 Å². The van der Waals surface area contributed by atoms with Crippen LogP contribution in [-0.2, 0) is 19.3 Å². The highest BCUT2D eigenvalue weighted by Crippen LogP contribution is 2.40. The van der Waals surface area contributed by atoms with Crippen LogP contribution in [0.3, 0.4) is 0 Å². The average molecular weight is 503 g/mol. The van der Waals surface area contributed by atoms with Gasteiger partial charge < -0.3 is 15.2 Å². The third-order valence-corrected chi connectivity index (χ3v) is 7.81. The minimum atomic E-state index is -0.107. The van der Waals surface area contributed by atoms with Gasteiger partial charge in [-0.15, -0.1) is 17.9 Å². The normalized spacial score (nSPS) is 13.6. The lowest BCUT2D eigenvalue weighted by molar-refractivity contribution is 0.102. The van der Waals surface area contributed by atoms with Gasteiger partial charge in [0.2, 0.25) is 0 Å². The number of carbonyl (C=O) groups is 1. The zero-order valence-electron chi connectivity index (χ0n) is 21.3. The zero-order valence-corrected chi connectivity index (χ0v) is 22.1. The van der Waals surface area contributed by atoms with Crippen molar-refractivity contribution in [3.05, 3.63) is 81.2 Å². The number of nitrogens with zero attached hydrogens (tertiary/aromatic N) is 1. The van der Waals surface area contributed by atoms with E-state index in [0.29, 0.717) is 17.7 Å². The Morgan fingerprint density at radius 2 is 1.94 bits per heavy atom. The van der Waals surface area contributed by atoms with E-state index in [9.17, 15) is 9.90 Å². The summed E-state index contributed by atoms with van der Waals surface area (Å²) in [5.41, 5.74) is 6.31. The molecular weight excluding hydrogens is 468 g/mol. The molecular formula is C30H34N2O3S. The fraction of sp³-hybridized carbons (Fsp3) is 0.333. The van der Waals surface area contributed by atoms with E-state index in [2.05, 4.69) is 11.9 Å². The van der Waals surface area contributed by atoms with Gasteiger partial charge in [-0.2, -0.15) is 0 Å². The first kappa shape index (κ1) is 25.7. The Bertz CT molecular complexity index is 1310. The molecule has 1 aliphatic carbocycles. The molecule has 6 heteroatoms. The average Bonchev–Trinajstić information content (AvgIpc) is 3.18. The highest BCUT2D eigenvalue weighted by molar-refractivity contribution is 7.16. The molecule has 36 heavy (non-hydrogen) atoms. The van der Waals surface area contributed by atoms with Gasteiger partial charge in [0, 0.05) is 22.3 Å². The monoisotopic (exact) mass is 502 g/mol. The van der Waals surface area contributed by atoms with E-state index in [4.69, 9.17) is 9.73 Å². The van der Waals surface area contributed by atoms with E-state index in [-0.39, 0.29) is 11.7 Å². The number of anilines is 1. The van der Waals surface area contributed by atoms with Crippen molar-refractivity contribution in [3.63, 3.8) is 0 Å². The van der Waals surface area contributed by atoms with Gasteiger partial charge in [0.15, 0.2) is 11.5 Å². The molecule has 0 radical (unpaired) electrons. The molecule has 1 heterocycles. The Balaban J connectivity index is 1.75. The number of nitrogens with one attached hydrogen (secondary N) is 1. The van der Waals surface area contributed by atoms with E-state index >= 15 is 0 Å². The van der Waals surface area contributed by atoms with Crippen molar-refractivity contribution in [2.24, 2.45) is 4.99 Å². The molecule has 4 rings (SSSR count). The number of hydrogen-bond donors (Lipinski definition) is 2. The van der Waals surface area contributed by atoms with Gasteiger partial charge in [0.25, 0.3) is 5.91 Å². The smallest absolute Gasteiger partial charge is 0.259 e. The van der Waals surface area contributed by atoms with Crippen LogP contribution in [-0.4, -0.2) is 24.3 Å². The number of carbonyl (C=O) groups excluding carboxylic acids is 1. The summed E-state index contributed by atoms with van der Waals surface area (Å²) in [7, 11) is 1.53. The van der Waals surface area contributed by atoms with Crippen molar-refractivity contribution in [2.75, 3.05) is 12.4 Å². The van der Waals surface area contributed by atoms with E-state index in [1.165, 1.54) is 24.8 Å². The van der Waals surface area contributed by atoms with Crippen molar-refractivity contribution in [1.29, 1.82) is 0 Å². The summed E-state index contributed by atoms with van der Waals surface area (Å²) in [4.78, 5) is 19.8. The number of rotatable bonds is 7. The van der Waals surface area contributed by atoms with Crippen molar-refractivity contribution < 1.29 is 14.6 Å². The van der Waals surface area contributed by atoms with Crippen LogP contribution >= 0.6 is 11.3 Å². The molecule has 188 valence electrons. The molecule has 2 N–H and O–H groups in total. The first-order valence-corrected chi connectivity index (χ1v) is 13.3. The predicted molar refractivity (Wildman–Crippen MR) is 150 cm³/mol. The zero-order chi connectivity index (χ0) is 25.7. The molecule has 0 atom stereocenters. The minimum Gasteiger partial charge on any atom is -0.504 e. The highest BCUT2D eigenvalue weighted by atomic mass is 32.1. The molecule has 3 aromatic rings. The number of phenolic OH excluding ortho intramolecular Hbond substituents is 1. The summed E-state index contributed by atoms with van der Waals surface area (Å²) in [5, 5.41) is 14.3.